The van der Waals surface area contributed by atoms with E-state index in [0.29, 0.717) is 12.3 Å². The van der Waals surface area contributed by atoms with Gasteiger partial charge in [0.15, 0.2) is 0 Å². The number of rotatable bonds is 4. The largest absolute Gasteiger partial charge is 0.379 e. The van der Waals surface area contributed by atoms with Crippen LogP contribution in [0.2, 0.25) is 0 Å². The maximum atomic E-state index is 12.6. The van der Waals surface area contributed by atoms with Crippen molar-refractivity contribution in [2.45, 2.75) is 26.3 Å². The summed E-state index contributed by atoms with van der Waals surface area (Å²) < 4.78 is 5.36. The van der Waals surface area contributed by atoms with Crippen molar-refractivity contribution in [3.63, 3.8) is 0 Å². The van der Waals surface area contributed by atoms with Gasteiger partial charge in [-0.05, 0) is 25.5 Å². The van der Waals surface area contributed by atoms with Crippen LogP contribution in [0, 0.1) is 6.92 Å². The van der Waals surface area contributed by atoms with Crippen molar-refractivity contribution in [2.75, 3.05) is 57.4 Å². The van der Waals surface area contributed by atoms with Gasteiger partial charge in [0.1, 0.15) is 0 Å². The molecule has 24 heavy (non-hydrogen) atoms. The van der Waals surface area contributed by atoms with Gasteiger partial charge in [0.2, 0.25) is 5.91 Å². The molecule has 1 atom stereocenters. The standard InChI is InChI=1S/C19H29N3O2/c1-16-5-3-4-6-18(16)21-9-10-22(17(2)15-21)19(23)7-8-20-11-13-24-14-12-20/h3-6,17H,7-15H2,1-2H3/t17-/m0/s1. The molecule has 1 aromatic carbocycles. The number of piperazine rings is 1. The monoisotopic (exact) mass is 331 g/mol. The summed E-state index contributed by atoms with van der Waals surface area (Å²) in [6.45, 7) is 11.3. The van der Waals surface area contributed by atoms with Gasteiger partial charge in [-0.3, -0.25) is 9.69 Å². The molecule has 0 bridgehead atoms. The molecule has 0 saturated carbocycles. The molecule has 2 heterocycles. The second kappa shape index (κ2) is 7.99. The van der Waals surface area contributed by atoms with Crippen molar-refractivity contribution in [2.24, 2.45) is 0 Å². The van der Waals surface area contributed by atoms with Crippen LogP contribution in [0.3, 0.4) is 0 Å². The highest BCUT2D eigenvalue weighted by Gasteiger charge is 2.28. The molecule has 0 aliphatic carbocycles. The van der Waals surface area contributed by atoms with Gasteiger partial charge in [0.25, 0.3) is 0 Å². The van der Waals surface area contributed by atoms with Crippen molar-refractivity contribution in [3.05, 3.63) is 29.8 Å². The van der Waals surface area contributed by atoms with Gasteiger partial charge in [-0.15, -0.1) is 0 Å². The molecule has 0 unspecified atom stereocenters. The first-order chi connectivity index (χ1) is 11.6. The predicted molar refractivity (Wildman–Crippen MR) is 96.4 cm³/mol. The van der Waals surface area contributed by atoms with E-state index in [1.54, 1.807) is 0 Å². The lowest BCUT2D eigenvalue weighted by atomic mass is 10.1. The van der Waals surface area contributed by atoms with E-state index >= 15 is 0 Å². The number of carbonyl (C=O) groups excluding carboxylic acids is 1. The van der Waals surface area contributed by atoms with Crippen LogP contribution in [0.15, 0.2) is 24.3 Å². The van der Waals surface area contributed by atoms with Gasteiger partial charge in [-0.25, -0.2) is 0 Å². The van der Waals surface area contributed by atoms with E-state index in [9.17, 15) is 4.79 Å². The molecule has 2 fully saturated rings. The van der Waals surface area contributed by atoms with E-state index in [4.69, 9.17) is 4.74 Å². The highest BCUT2D eigenvalue weighted by molar-refractivity contribution is 5.77. The number of hydrogen-bond acceptors (Lipinski definition) is 4. The molecule has 2 saturated heterocycles. The quantitative estimate of drug-likeness (QED) is 0.842. The fraction of sp³-hybridized carbons (Fsp3) is 0.632. The minimum atomic E-state index is 0.260. The third kappa shape index (κ3) is 4.08. The number of amides is 1. The molecule has 2 aliphatic heterocycles. The van der Waals surface area contributed by atoms with E-state index in [1.165, 1.54) is 11.3 Å². The Bertz CT molecular complexity index is 557. The Balaban J connectivity index is 1.51. The average molecular weight is 331 g/mol. The Labute approximate surface area is 145 Å². The predicted octanol–water partition coefficient (Wildman–Crippen LogP) is 1.75. The van der Waals surface area contributed by atoms with Crippen LogP contribution in [-0.4, -0.2) is 74.2 Å². The van der Waals surface area contributed by atoms with Crippen LogP contribution in [0.5, 0.6) is 0 Å². The second-order valence-corrected chi connectivity index (χ2v) is 6.87. The number of aryl methyl sites for hydroxylation is 1. The normalized spacial score (nSPS) is 22.7. The van der Waals surface area contributed by atoms with Crippen LogP contribution >= 0.6 is 0 Å². The summed E-state index contributed by atoms with van der Waals surface area (Å²) in [4.78, 5) is 19.4. The molecule has 3 rings (SSSR count). The van der Waals surface area contributed by atoms with Gasteiger partial charge < -0.3 is 14.5 Å². The topological polar surface area (TPSA) is 36.0 Å². The number of morpholine rings is 1. The molecule has 1 aromatic rings. The van der Waals surface area contributed by atoms with Gasteiger partial charge in [-0.2, -0.15) is 0 Å². The Morgan fingerprint density at radius 1 is 1.17 bits per heavy atom. The zero-order valence-corrected chi connectivity index (χ0v) is 14.9. The van der Waals surface area contributed by atoms with E-state index < -0.39 is 0 Å². The van der Waals surface area contributed by atoms with Gasteiger partial charge in [0, 0.05) is 57.4 Å². The van der Waals surface area contributed by atoms with Crippen LogP contribution < -0.4 is 4.90 Å². The van der Waals surface area contributed by atoms with Crippen LogP contribution in [0.4, 0.5) is 5.69 Å². The van der Waals surface area contributed by atoms with Gasteiger partial charge in [0.05, 0.1) is 13.2 Å². The zero-order valence-electron chi connectivity index (χ0n) is 14.9. The lowest BCUT2D eigenvalue weighted by molar-refractivity contribution is -0.134. The summed E-state index contributed by atoms with van der Waals surface area (Å²) in [6.07, 6.45) is 0.620. The Hall–Kier alpha value is -1.59. The third-order valence-corrected chi connectivity index (χ3v) is 5.15. The zero-order chi connectivity index (χ0) is 16.9. The summed E-state index contributed by atoms with van der Waals surface area (Å²) in [7, 11) is 0. The smallest absolute Gasteiger partial charge is 0.224 e. The molecule has 132 valence electrons. The van der Waals surface area contributed by atoms with E-state index in [-0.39, 0.29) is 6.04 Å². The Morgan fingerprint density at radius 3 is 2.62 bits per heavy atom. The van der Waals surface area contributed by atoms with Crippen molar-refractivity contribution < 1.29 is 9.53 Å². The third-order valence-electron chi connectivity index (χ3n) is 5.15. The van der Waals surface area contributed by atoms with Crippen molar-refractivity contribution >= 4 is 11.6 Å². The Kier molecular flexibility index (Phi) is 5.74. The summed E-state index contributed by atoms with van der Waals surface area (Å²) in [5, 5.41) is 0. The number of ether oxygens (including phenoxy) is 1. The number of nitrogens with zero attached hydrogens (tertiary/aromatic N) is 3. The first kappa shape index (κ1) is 17.2. The molecular formula is C19H29N3O2. The highest BCUT2D eigenvalue weighted by atomic mass is 16.5. The number of hydrogen-bond donors (Lipinski definition) is 0. The van der Waals surface area contributed by atoms with Crippen LogP contribution in [0.25, 0.3) is 0 Å². The molecule has 5 heteroatoms. The molecule has 5 nitrogen and oxygen atoms in total. The van der Waals surface area contributed by atoms with Crippen LogP contribution in [0.1, 0.15) is 18.9 Å². The van der Waals surface area contributed by atoms with Crippen molar-refractivity contribution in [3.8, 4) is 0 Å². The fourth-order valence-electron chi connectivity index (χ4n) is 3.69. The number of anilines is 1. The van der Waals surface area contributed by atoms with Crippen molar-refractivity contribution in [1.29, 1.82) is 0 Å². The highest BCUT2D eigenvalue weighted by Crippen LogP contribution is 2.23. The minimum absolute atomic E-state index is 0.260. The molecule has 0 radical (unpaired) electrons. The lowest BCUT2D eigenvalue weighted by Gasteiger charge is -2.41. The molecule has 1 amide bonds. The maximum absolute atomic E-state index is 12.6. The summed E-state index contributed by atoms with van der Waals surface area (Å²) in [5.41, 5.74) is 2.60. The lowest BCUT2D eigenvalue weighted by Crippen LogP contribution is -2.54. The number of benzene rings is 1. The van der Waals surface area contributed by atoms with E-state index in [2.05, 4.69) is 52.8 Å². The first-order valence-electron chi connectivity index (χ1n) is 9.05. The molecule has 2 aliphatic rings. The first-order valence-corrected chi connectivity index (χ1v) is 9.05. The summed E-state index contributed by atoms with van der Waals surface area (Å²) >= 11 is 0. The van der Waals surface area contributed by atoms with E-state index in [1.807, 2.05) is 0 Å². The molecule has 0 N–H and O–H groups in total. The molecule has 0 spiro atoms. The van der Waals surface area contributed by atoms with Crippen LogP contribution in [-0.2, 0) is 9.53 Å². The number of carbonyl (C=O) groups is 1. The minimum Gasteiger partial charge on any atom is -0.379 e. The van der Waals surface area contributed by atoms with Gasteiger partial charge in [-0.1, -0.05) is 18.2 Å². The van der Waals surface area contributed by atoms with Gasteiger partial charge >= 0.3 is 0 Å². The average Bonchev–Trinajstić information content (AvgIpc) is 2.61. The SMILES string of the molecule is Cc1ccccc1N1CCN(C(=O)CCN2CCOCC2)[C@@H](C)C1. The molecule has 0 aromatic heterocycles. The number of para-hydroxylation sites is 1. The second-order valence-electron chi connectivity index (χ2n) is 6.87. The summed E-state index contributed by atoms with van der Waals surface area (Å²) in [5.74, 6) is 0.290. The van der Waals surface area contributed by atoms with E-state index in [0.717, 1.165) is 52.5 Å². The fourth-order valence-corrected chi connectivity index (χ4v) is 3.69. The summed E-state index contributed by atoms with van der Waals surface area (Å²) in [6, 6.07) is 8.76. The van der Waals surface area contributed by atoms with Crippen molar-refractivity contribution in [1.82, 2.24) is 9.80 Å². The maximum Gasteiger partial charge on any atom is 0.224 e. The Morgan fingerprint density at radius 2 is 1.92 bits per heavy atom. The molecular weight excluding hydrogens is 302 g/mol.